The number of rotatable bonds is 12. The Hall–Kier alpha value is -2.80. The van der Waals surface area contributed by atoms with Gasteiger partial charge in [0.2, 0.25) is 13.1 Å². The van der Waals surface area contributed by atoms with Gasteiger partial charge in [-0.15, -0.1) is 0 Å². The van der Waals surface area contributed by atoms with Gasteiger partial charge in [-0.05, 0) is 64.2 Å². The standard InChI is InChI=1S/2C8H13F3O4S.2C8H10N2O/c2*1-2-6-3-4-7(15-6)5-14-16(12,13)8(9,10)11;2*1-10-6-8-3-2-7(11-8)4-5-9/h2*6-7H,2-5H2,1H3;2*7-8H,2-4,6H2/t6-,7+;6-,7-;7-,8+;7-,8-/m1110/s1. The second kappa shape index (κ2) is 24.0. The predicted molar refractivity (Wildman–Crippen MR) is 177 cm³/mol. The quantitative estimate of drug-likeness (QED) is 0.0922. The van der Waals surface area contributed by atoms with Crippen LogP contribution in [0.5, 0.6) is 0 Å². The summed E-state index contributed by atoms with van der Waals surface area (Å²) in [5.74, 6) is 0. The van der Waals surface area contributed by atoms with Gasteiger partial charge >= 0.3 is 31.3 Å². The van der Waals surface area contributed by atoms with Crippen LogP contribution in [0.25, 0.3) is 9.69 Å². The third-order valence-electron chi connectivity index (χ3n) is 8.31. The topological polar surface area (TPSA) is 180 Å². The molecule has 308 valence electrons. The normalized spacial score (nSPS) is 28.1. The summed E-state index contributed by atoms with van der Waals surface area (Å²) >= 11 is 0. The van der Waals surface area contributed by atoms with Crippen molar-refractivity contribution < 1.29 is 70.5 Å². The van der Waals surface area contributed by atoms with Crippen LogP contribution in [-0.4, -0.2) is 103 Å². The fourth-order valence-corrected chi connectivity index (χ4v) is 6.34. The molecule has 0 bridgehead atoms. The third-order valence-corrected chi connectivity index (χ3v) is 10.3. The van der Waals surface area contributed by atoms with Gasteiger partial charge in [0.25, 0.3) is 0 Å². The first kappa shape index (κ1) is 49.2. The Bertz CT molecular complexity index is 1350. The maximum atomic E-state index is 11.9. The summed E-state index contributed by atoms with van der Waals surface area (Å²) in [6.45, 7) is 16.8. The summed E-state index contributed by atoms with van der Waals surface area (Å²) in [6, 6.07) is 4.14. The van der Waals surface area contributed by atoms with Crippen molar-refractivity contribution in [1.82, 2.24) is 0 Å². The van der Waals surface area contributed by atoms with E-state index in [1.807, 2.05) is 13.8 Å². The first-order chi connectivity index (χ1) is 25.2. The van der Waals surface area contributed by atoms with E-state index < -0.39 is 56.7 Å². The highest BCUT2D eigenvalue weighted by Gasteiger charge is 2.48. The summed E-state index contributed by atoms with van der Waals surface area (Å²) in [6.07, 6.45) is 7.87. The van der Waals surface area contributed by atoms with E-state index in [1.54, 1.807) is 0 Å². The summed E-state index contributed by atoms with van der Waals surface area (Å²) in [5.41, 5.74) is -10.7. The monoisotopic (exact) mass is 824 g/mol. The molecule has 8 atom stereocenters. The Morgan fingerprint density at radius 2 is 0.852 bits per heavy atom. The van der Waals surface area contributed by atoms with Gasteiger partial charge in [0.1, 0.15) is 12.2 Å². The minimum Gasteiger partial charge on any atom is -0.373 e. The molecule has 0 aromatic heterocycles. The molecule has 4 aliphatic rings. The van der Waals surface area contributed by atoms with Crippen molar-refractivity contribution in [2.75, 3.05) is 26.3 Å². The van der Waals surface area contributed by atoms with Crippen LogP contribution in [0.15, 0.2) is 0 Å². The molecule has 4 fully saturated rings. The molecule has 4 aliphatic heterocycles. The van der Waals surface area contributed by atoms with Gasteiger partial charge < -0.3 is 28.6 Å². The van der Waals surface area contributed by atoms with Crippen molar-refractivity contribution in [1.29, 1.82) is 10.5 Å². The Kier molecular flexibility index (Phi) is 21.8. The first-order valence-electron chi connectivity index (χ1n) is 17.2. The lowest BCUT2D eigenvalue weighted by Gasteiger charge is -2.13. The third kappa shape index (κ3) is 18.2. The lowest BCUT2D eigenvalue weighted by molar-refractivity contribution is -0.0589. The van der Waals surface area contributed by atoms with Crippen LogP contribution in [0, 0.1) is 35.8 Å². The maximum Gasteiger partial charge on any atom is 0.523 e. The smallest absolute Gasteiger partial charge is 0.373 e. The fourth-order valence-electron chi connectivity index (χ4n) is 5.41. The van der Waals surface area contributed by atoms with Crippen LogP contribution in [0.3, 0.4) is 0 Å². The van der Waals surface area contributed by atoms with Crippen molar-refractivity contribution in [2.24, 2.45) is 0 Å². The van der Waals surface area contributed by atoms with Crippen LogP contribution in [0.1, 0.15) is 90.9 Å². The van der Waals surface area contributed by atoms with Crippen LogP contribution in [0.2, 0.25) is 0 Å². The van der Waals surface area contributed by atoms with E-state index in [4.69, 9.17) is 42.6 Å². The average molecular weight is 825 g/mol. The molecule has 0 unspecified atom stereocenters. The van der Waals surface area contributed by atoms with Crippen LogP contribution < -0.4 is 0 Å². The SMILES string of the molecule is CC[C@@H]1CC[C@@H](COS(=O)(=O)C(F)(F)F)O1.CC[C@@H]1CC[C@H](COS(=O)(=O)C(F)(F)F)O1.[C-]#[N+]C[C@@H]1CC[C@@H](CC#N)O1.[C-]#[N+]C[C@@H]1CC[C@H](CC#N)O1. The van der Waals surface area contributed by atoms with Crippen LogP contribution in [-0.2, 0) is 47.5 Å². The van der Waals surface area contributed by atoms with E-state index in [0.717, 1.165) is 51.4 Å². The largest absolute Gasteiger partial charge is 0.523 e. The minimum absolute atomic E-state index is 0.0119. The van der Waals surface area contributed by atoms with E-state index in [-0.39, 0.29) is 36.6 Å². The van der Waals surface area contributed by atoms with E-state index in [2.05, 4.69) is 30.2 Å². The molecule has 0 spiro atoms. The van der Waals surface area contributed by atoms with Gasteiger partial charge in [-0.3, -0.25) is 8.37 Å². The van der Waals surface area contributed by atoms with Gasteiger partial charge in [0.05, 0.1) is 74.8 Å². The highest BCUT2D eigenvalue weighted by atomic mass is 32.2. The second-order valence-electron chi connectivity index (χ2n) is 12.4. The number of hydrogen-bond acceptors (Lipinski definition) is 12. The zero-order valence-electron chi connectivity index (χ0n) is 29.9. The van der Waals surface area contributed by atoms with Crippen LogP contribution in [0.4, 0.5) is 26.3 Å². The summed E-state index contributed by atoms with van der Waals surface area (Å²) in [5, 5.41) is 16.7. The predicted octanol–water partition coefficient (Wildman–Crippen LogP) is 6.35. The van der Waals surface area contributed by atoms with Crippen molar-refractivity contribution >= 4 is 20.2 Å². The highest BCUT2D eigenvalue weighted by molar-refractivity contribution is 7.87. The molecule has 0 N–H and O–H groups in total. The molecule has 54 heavy (non-hydrogen) atoms. The molecule has 0 saturated carbocycles. The summed E-state index contributed by atoms with van der Waals surface area (Å²) < 4.78 is 143. The zero-order valence-corrected chi connectivity index (χ0v) is 31.5. The van der Waals surface area contributed by atoms with Gasteiger partial charge in [-0.1, -0.05) is 13.8 Å². The van der Waals surface area contributed by atoms with E-state index in [1.165, 1.54) is 0 Å². The number of nitrogens with zero attached hydrogens (tertiary/aromatic N) is 4. The fraction of sp³-hybridized carbons (Fsp3) is 0.875. The number of alkyl halides is 6. The average Bonchev–Trinajstić information content (AvgIpc) is 3.92. The Balaban J connectivity index is 0.000000366. The Morgan fingerprint density at radius 3 is 1.11 bits per heavy atom. The number of nitriles is 2. The second-order valence-corrected chi connectivity index (χ2v) is 15.6. The summed E-state index contributed by atoms with van der Waals surface area (Å²) in [7, 11) is -11.0. The molecule has 4 rings (SSSR count). The van der Waals surface area contributed by atoms with Gasteiger partial charge in [0.15, 0.2) is 0 Å². The molecule has 4 heterocycles. The Labute approximate surface area is 312 Å². The van der Waals surface area contributed by atoms with Crippen LogP contribution >= 0.6 is 0 Å². The lowest BCUT2D eigenvalue weighted by atomic mass is 10.1. The molecule has 22 heteroatoms. The van der Waals surface area contributed by atoms with E-state index in [0.29, 0.717) is 38.8 Å². The number of halogens is 6. The molecule has 0 aromatic rings. The highest BCUT2D eigenvalue weighted by Crippen LogP contribution is 2.29. The van der Waals surface area contributed by atoms with Crippen molar-refractivity contribution in [3.8, 4) is 12.1 Å². The number of ether oxygens (including phenoxy) is 4. The molecule has 4 saturated heterocycles. The van der Waals surface area contributed by atoms with Crippen molar-refractivity contribution in [2.45, 2.75) is 151 Å². The van der Waals surface area contributed by atoms with Gasteiger partial charge in [-0.2, -0.15) is 53.7 Å². The van der Waals surface area contributed by atoms with Gasteiger partial charge in [-0.25, -0.2) is 13.1 Å². The van der Waals surface area contributed by atoms with E-state index >= 15 is 0 Å². The molecule has 0 amide bonds. The molecule has 14 nitrogen and oxygen atoms in total. The molecule has 0 radical (unpaired) electrons. The summed E-state index contributed by atoms with van der Waals surface area (Å²) in [4.78, 5) is 6.51. The van der Waals surface area contributed by atoms with E-state index in [9.17, 15) is 43.2 Å². The zero-order chi connectivity index (χ0) is 41.0. The maximum absolute atomic E-state index is 11.9. The lowest BCUT2D eigenvalue weighted by Crippen LogP contribution is -2.29. The Morgan fingerprint density at radius 1 is 0.574 bits per heavy atom. The molecular weight excluding hydrogens is 778 g/mol. The molecule has 0 aromatic carbocycles. The van der Waals surface area contributed by atoms with Crippen molar-refractivity contribution in [3.05, 3.63) is 22.8 Å². The molecule has 0 aliphatic carbocycles. The first-order valence-corrected chi connectivity index (χ1v) is 20.0. The minimum atomic E-state index is -5.49. The van der Waals surface area contributed by atoms with Crippen molar-refractivity contribution in [3.63, 3.8) is 0 Å². The molecular formula is C32H46F6N4O10S2. The number of hydrogen-bond donors (Lipinski definition) is 0. The van der Waals surface area contributed by atoms with Gasteiger partial charge in [0, 0.05) is 0 Å².